The van der Waals surface area contributed by atoms with Crippen LogP contribution in [0.1, 0.15) is 42.9 Å². The lowest BCUT2D eigenvalue weighted by Crippen LogP contribution is -2.42. The number of carbonyl (C=O) groups excluding carboxylic acids is 1. The number of nitrogens with one attached hydrogen (secondary N) is 1. The van der Waals surface area contributed by atoms with Crippen LogP contribution in [0.4, 0.5) is 5.82 Å². The van der Waals surface area contributed by atoms with Crippen molar-refractivity contribution in [1.82, 2.24) is 19.4 Å². The van der Waals surface area contributed by atoms with Crippen molar-refractivity contribution in [3.63, 3.8) is 0 Å². The van der Waals surface area contributed by atoms with Crippen molar-refractivity contribution in [1.29, 1.82) is 0 Å². The number of nitrogens with zero attached hydrogens (tertiary/aromatic N) is 3. The van der Waals surface area contributed by atoms with Gasteiger partial charge in [0, 0.05) is 86.8 Å². The van der Waals surface area contributed by atoms with Crippen LogP contribution in [0.5, 0.6) is 0 Å². The minimum atomic E-state index is -0.261. The lowest BCUT2D eigenvalue weighted by atomic mass is 9.93. The van der Waals surface area contributed by atoms with Crippen LogP contribution in [-0.2, 0) is 22.5 Å². The van der Waals surface area contributed by atoms with Crippen molar-refractivity contribution in [3.05, 3.63) is 82.5 Å². The highest BCUT2D eigenvalue weighted by atomic mass is 16.5. The Kier molecular flexibility index (Phi) is 8.62. The first-order chi connectivity index (χ1) is 19.4. The Morgan fingerprint density at radius 1 is 1.18 bits per heavy atom. The fourth-order valence-corrected chi connectivity index (χ4v) is 5.74. The largest absolute Gasteiger partial charge is 0.385 e. The van der Waals surface area contributed by atoms with Gasteiger partial charge in [0.15, 0.2) is 0 Å². The number of nitrogen functional groups attached to an aromatic ring is 1. The fourth-order valence-electron chi connectivity index (χ4n) is 5.74. The third-order valence-electron chi connectivity index (χ3n) is 7.77. The highest BCUT2D eigenvalue weighted by molar-refractivity contribution is 5.81. The number of H-pyrrole nitrogens is 1. The topological polar surface area (TPSA) is 132 Å². The first kappa shape index (κ1) is 27.6. The van der Waals surface area contributed by atoms with Crippen LogP contribution in [0, 0.1) is 0 Å². The number of nitrogens with two attached hydrogens (primary N) is 2. The highest BCUT2D eigenvalue weighted by Crippen LogP contribution is 2.32. The van der Waals surface area contributed by atoms with Gasteiger partial charge in [0.1, 0.15) is 5.82 Å². The number of methoxy groups -OCH3 is 1. The number of amides is 1. The van der Waals surface area contributed by atoms with Crippen molar-refractivity contribution < 1.29 is 9.53 Å². The van der Waals surface area contributed by atoms with Gasteiger partial charge >= 0.3 is 0 Å². The third kappa shape index (κ3) is 6.43. The van der Waals surface area contributed by atoms with E-state index in [-0.39, 0.29) is 23.4 Å². The van der Waals surface area contributed by atoms with Crippen molar-refractivity contribution in [2.75, 3.05) is 32.5 Å². The average Bonchev–Trinajstić information content (AvgIpc) is 3.31. The summed E-state index contributed by atoms with van der Waals surface area (Å²) in [5, 5.41) is 1.01. The second kappa shape index (κ2) is 12.5. The van der Waals surface area contributed by atoms with Gasteiger partial charge in [-0.05, 0) is 55.0 Å². The second-order valence-electron chi connectivity index (χ2n) is 10.7. The SMILES string of the molecule is COCCCn1c([C@@H]2CCCN(C(=O)C[C@H](N)Cc3ccc(-c4ccc(N)nc4)cc3)C2)cc2c[nH]c(=O)cc21. The molecule has 1 fully saturated rings. The summed E-state index contributed by atoms with van der Waals surface area (Å²) in [5.41, 5.74) is 17.3. The molecule has 9 heteroatoms. The minimum absolute atomic E-state index is 0.0963. The van der Waals surface area contributed by atoms with Crippen LogP contribution in [0.3, 0.4) is 0 Å². The molecule has 5 N–H and O–H groups in total. The summed E-state index contributed by atoms with van der Waals surface area (Å²) in [7, 11) is 1.70. The number of rotatable bonds is 10. The van der Waals surface area contributed by atoms with E-state index in [1.165, 1.54) is 5.69 Å². The molecule has 210 valence electrons. The number of hydrogen-bond donors (Lipinski definition) is 3. The summed E-state index contributed by atoms with van der Waals surface area (Å²) in [6, 6.07) is 15.5. The minimum Gasteiger partial charge on any atom is -0.385 e. The molecule has 1 aliphatic rings. The van der Waals surface area contributed by atoms with E-state index in [4.69, 9.17) is 16.2 Å². The fraction of sp³-hybridized carbons (Fsp3) is 0.387. The summed E-state index contributed by atoms with van der Waals surface area (Å²) in [4.78, 5) is 34.3. The van der Waals surface area contributed by atoms with Crippen LogP contribution in [0.2, 0.25) is 0 Å². The molecule has 0 spiro atoms. The van der Waals surface area contributed by atoms with E-state index in [0.29, 0.717) is 31.8 Å². The van der Waals surface area contributed by atoms with Gasteiger partial charge in [0.2, 0.25) is 11.5 Å². The van der Waals surface area contributed by atoms with Gasteiger partial charge in [0.05, 0.1) is 5.52 Å². The van der Waals surface area contributed by atoms with E-state index in [1.54, 1.807) is 31.6 Å². The molecule has 3 aromatic heterocycles. The molecular formula is C31H38N6O3. The van der Waals surface area contributed by atoms with E-state index in [1.807, 2.05) is 23.1 Å². The molecule has 5 rings (SSSR count). The molecule has 1 amide bonds. The Labute approximate surface area is 234 Å². The molecule has 1 saturated heterocycles. The summed E-state index contributed by atoms with van der Waals surface area (Å²) in [5.74, 6) is 0.797. The number of hydrogen-bond acceptors (Lipinski definition) is 6. The van der Waals surface area contributed by atoms with Gasteiger partial charge < -0.3 is 30.7 Å². The molecule has 2 atom stereocenters. The number of piperidine rings is 1. The van der Waals surface area contributed by atoms with Crippen LogP contribution in [-0.4, -0.2) is 58.2 Å². The van der Waals surface area contributed by atoms with E-state index >= 15 is 0 Å². The molecule has 1 aliphatic heterocycles. The van der Waals surface area contributed by atoms with Gasteiger partial charge in [-0.3, -0.25) is 9.59 Å². The average molecular weight is 543 g/mol. The van der Waals surface area contributed by atoms with Crippen molar-refractivity contribution in [2.24, 2.45) is 5.73 Å². The summed E-state index contributed by atoms with van der Waals surface area (Å²) in [6.45, 7) is 2.81. The molecule has 4 aromatic rings. The van der Waals surface area contributed by atoms with Crippen LogP contribution in [0.15, 0.2) is 65.7 Å². The van der Waals surface area contributed by atoms with Gasteiger partial charge in [-0.15, -0.1) is 0 Å². The molecule has 40 heavy (non-hydrogen) atoms. The Balaban J connectivity index is 1.22. The number of anilines is 1. The summed E-state index contributed by atoms with van der Waals surface area (Å²) in [6.07, 6.45) is 7.26. The molecule has 4 heterocycles. The molecule has 0 saturated carbocycles. The van der Waals surface area contributed by atoms with E-state index < -0.39 is 0 Å². The maximum absolute atomic E-state index is 13.3. The Bertz CT molecular complexity index is 1490. The molecule has 0 unspecified atom stereocenters. The standard InChI is InChI=1S/C31H38N6O3/c1-40-13-3-12-37-27(15-25-19-35-30(38)17-28(25)37)24-4-2-11-36(20-24)31(39)16-26(32)14-21-5-7-22(8-6-21)23-9-10-29(33)34-18-23/h5-10,15,17-19,24,26H,2-4,11-14,16,20,32H2,1H3,(H2,33,34)(H,35,38)/t24-,26-/m1/s1. The number of aromatic nitrogens is 3. The zero-order valence-corrected chi connectivity index (χ0v) is 23.0. The van der Waals surface area contributed by atoms with Gasteiger partial charge in [-0.1, -0.05) is 24.3 Å². The van der Waals surface area contributed by atoms with Crippen LogP contribution < -0.4 is 17.0 Å². The highest BCUT2D eigenvalue weighted by Gasteiger charge is 2.28. The molecular weight excluding hydrogens is 504 g/mol. The predicted octanol–water partition coefficient (Wildman–Crippen LogP) is 3.68. The first-order valence-electron chi connectivity index (χ1n) is 14.0. The summed E-state index contributed by atoms with van der Waals surface area (Å²) >= 11 is 0. The van der Waals surface area contributed by atoms with Gasteiger partial charge in [-0.25, -0.2) is 4.98 Å². The number of benzene rings is 1. The normalized spacial score (nSPS) is 16.4. The van der Waals surface area contributed by atoms with Gasteiger partial charge in [-0.2, -0.15) is 0 Å². The third-order valence-corrected chi connectivity index (χ3v) is 7.77. The molecule has 0 aliphatic carbocycles. The Morgan fingerprint density at radius 3 is 2.73 bits per heavy atom. The number of pyridine rings is 2. The smallest absolute Gasteiger partial charge is 0.250 e. The van der Waals surface area contributed by atoms with Gasteiger partial charge in [0.25, 0.3) is 0 Å². The number of aromatic amines is 1. The maximum Gasteiger partial charge on any atom is 0.250 e. The molecule has 0 radical (unpaired) electrons. The number of likely N-dealkylation sites (tertiary alicyclic amines) is 1. The molecule has 9 nitrogen and oxygen atoms in total. The first-order valence-corrected chi connectivity index (χ1v) is 14.0. The lowest BCUT2D eigenvalue weighted by Gasteiger charge is -2.34. The monoisotopic (exact) mass is 542 g/mol. The second-order valence-corrected chi connectivity index (χ2v) is 10.7. The van der Waals surface area contributed by atoms with Crippen LogP contribution >= 0.6 is 0 Å². The molecule has 1 aromatic carbocycles. The predicted molar refractivity (Wildman–Crippen MR) is 158 cm³/mol. The van der Waals surface area contributed by atoms with E-state index in [9.17, 15) is 9.59 Å². The zero-order valence-electron chi connectivity index (χ0n) is 23.0. The zero-order chi connectivity index (χ0) is 28.1. The maximum atomic E-state index is 13.3. The molecule has 0 bridgehead atoms. The Morgan fingerprint density at radius 2 is 1.98 bits per heavy atom. The Hall–Kier alpha value is -3.95. The quantitative estimate of drug-likeness (QED) is 0.262. The van der Waals surface area contributed by atoms with Crippen molar-refractivity contribution in [2.45, 2.75) is 50.6 Å². The summed E-state index contributed by atoms with van der Waals surface area (Å²) < 4.78 is 7.50. The van der Waals surface area contributed by atoms with E-state index in [2.05, 4.69) is 32.7 Å². The number of aryl methyl sites for hydroxylation is 1. The van der Waals surface area contributed by atoms with Crippen molar-refractivity contribution >= 4 is 22.6 Å². The van der Waals surface area contributed by atoms with Crippen LogP contribution in [0.25, 0.3) is 22.0 Å². The lowest BCUT2D eigenvalue weighted by molar-refractivity contribution is -0.132. The van der Waals surface area contributed by atoms with E-state index in [0.717, 1.165) is 59.9 Å². The number of carbonyl (C=O) groups is 1. The van der Waals surface area contributed by atoms with Crippen molar-refractivity contribution in [3.8, 4) is 11.1 Å². The number of fused-ring (bicyclic) bond motifs is 1. The number of ether oxygens (including phenoxy) is 1.